The molecule has 0 aromatic heterocycles. The average molecular weight is 322 g/mol. The zero-order valence-corrected chi connectivity index (χ0v) is 12.4. The van der Waals surface area contributed by atoms with E-state index in [-0.39, 0.29) is 5.56 Å². The second-order valence-corrected chi connectivity index (χ2v) is 4.99. The summed E-state index contributed by atoms with van der Waals surface area (Å²) in [7, 11) is 0. The van der Waals surface area contributed by atoms with Gasteiger partial charge in [0.15, 0.2) is 6.10 Å². The molecular formula is C16H13ClFNO3. The number of anilines is 1. The van der Waals surface area contributed by atoms with Gasteiger partial charge in [-0.3, -0.25) is 4.79 Å². The van der Waals surface area contributed by atoms with Gasteiger partial charge in [-0.15, -0.1) is 0 Å². The van der Waals surface area contributed by atoms with Gasteiger partial charge in [-0.05, 0) is 49.4 Å². The summed E-state index contributed by atoms with van der Waals surface area (Å²) in [6, 6.07) is 11.5. The molecule has 1 amide bonds. The molecule has 0 saturated heterocycles. The maximum Gasteiger partial charge on any atom is 0.338 e. The first-order valence-electron chi connectivity index (χ1n) is 6.48. The van der Waals surface area contributed by atoms with E-state index in [1.54, 1.807) is 18.2 Å². The van der Waals surface area contributed by atoms with Crippen molar-refractivity contribution in [2.45, 2.75) is 13.0 Å². The van der Waals surface area contributed by atoms with Crippen LogP contribution in [0.15, 0.2) is 48.5 Å². The summed E-state index contributed by atoms with van der Waals surface area (Å²) in [5, 5.41) is 2.93. The van der Waals surface area contributed by atoms with Crippen LogP contribution in [0.2, 0.25) is 5.02 Å². The Labute approximate surface area is 131 Å². The van der Waals surface area contributed by atoms with E-state index in [1.807, 2.05) is 0 Å². The van der Waals surface area contributed by atoms with E-state index in [0.29, 0.717) is 10.7 Å². The minimum absolute atomic E-state index is 0.258. The molecule has 0 aliphatic carbocycles. The van der Waals surface area contributed by atoms with Crippen molar-refractivity contribution in [3.05, 3.63) is 64.9 Å². The summed E-state index contributed by atoms with van der Waals surface area (Å²) < 4.78 is 17.8. The van der Waals surface area contributed by atoms with Gasteiger partial charge in [0.25, 0.3) is 5.91 Å². The van der Waals surface area contributed by atoms with Gasteiger partial charge < -0.3 is 10.1 Å². The first-order chi connectivity index (χ1) is 10.5. The SMILES string of the molecule is C[C@H](OC(=O)c1cccc(Cl)c1)C(=O)Nc1ccc(F)cc1. The molecule has 2 rings (SSSR count). The van der Waals surface area contributed by atoms with Crippen LogP contribution in [0.5, 0.6) is 0 Å². The molecule has 114 valence electrons. The predicted octanol–water partition coefficient (Wildman–Crippen LogP) is 3.66. The quantitative estimate of drug-likeness (QED) is 0.874. The number of rotatable bonds is 4. The molecular weight excluding hydrogens is 309 g/mol. The molecule has 1 N–H and O–H groups in total. The Morgan fingerprint density at radius 1 is 1.18 bits per heavy atom. The molecule has 0 bridgehead atoms. The molecule has 2 aromatic carbocycles. The van der Waals surface area contributed by atoms with Gasteiger partial charge in [0.2, 0.25) is 0 Å². The topological polar surface area (TPSA) is 55.4 Å². The molecule has 0 heterocycles. The monoisotopic (exact) mass is 321 g/mol. The average Bonchev–Trinajstić information content (AvgIpc) is 2.49. The number of amides is 1. The minimum Gasteiger partial charge on any atom is -0.449 e. The third-order valence-electron chi connectivity index (χ3n) is 2.83. The van der Waals surface area contributed by atoms with E-state index in [2.05, 4.69) is 5.32 Å². The van der Waals surface area contributed by atoms with E-state index in [9.17, 15) is 14.0 Å². The smallest absolute Gasteiger partial charge is 0.338 e. The number of carbonyl (C=O) groups is 2. The molecule has 22 heavy (non-hydrogen) atoms. The highest BCUT2D eigenvalue weighted by Gasteiger charge is 2.19. The lowest BCUT2D eigenvalue weighted by molar-refractivity contribution is -0.123. The van der Waals surface area contributed by atoms with E-state index in [4.69, 9.17) is 16.3 Å². The zero-order valence-electron chi connectivity index (χ0n) is 11.7. The standard InChI is InChI=1S/C16H13ClFNO3/c1-10(15(20)19-14-7-5-13(18)6-8-14)22-16(21)11-3-2-4-12(17)9-11/h2-10H,1H3,(H,19,20)/t10-/m0/s1. The van der Waals surface area contributed by atoms with Crippen LogP contribution in [0.1, 0.15) is 17.3 Å². The first kappa shape index (κ1) is 16.0. The van der Waals surface area contributed by atoms with Gasteiger partial charge in [-0.25, -0.2) is 9.18 Å². The summed E-state index contributed by atoms with van der Waals surface area (Å²) in [4.78, 5) is 23.8. The Morgan fingerprint density at radius 2 is 1.86 bits per heavy atom. The Hall–Kier alpha value is -2.40. The molecule has 1 atom stereocenters. The second-order valence-electron chi connectivity index (χ2n) is 4.55. The normalized spacial score (nSPS) is 11.6. The molecule has 0 radical (unpaired) electrons. The van der Waals surface area contributed by atoms with Crippen LogP contribution in [-0.4, -0.2) is 18.0 Å². The van der Waals surface area contributed by atoms with Crippen LogP contribution in [-0.2, 0) is 9.53 Å². The van der Waals surface area contributed by atoms with Crippen LogP contribution in [0.3, 0.4) is 0 Å². The summed E-state index contributed by atoms with van der Waals surface area (Å²) in [6.07, 6.45) is -1.00. The number of carbonyl (C=O) groups excluding carboxylic acids is 2. The fourth-order valence-electron chi connectivity index (χ4n) is 1.67. The van der Waals surface area contributed by atoms with Crippen molar-refractivity contribution in [3.8, 4) is 0 Å². The highest BCUT2D eigenvalue weighted by molar-refractivity contribution is 6.30. The van der Waals surface area contributed by atoms with Crippen molar-refractivity contribution in [3.63, 3.8) is 0 Å². The Bertz CT molecular complexity index is 688. The number of hydrogen-bond donors (Lipinski definition) is 1. The summed E-state index contributed by atoms with van der Waals surface area (Å²) >= 11 is 5.79. The van der Waals surface area contributed by atoms with Crippen LogP contribution in [0, 0.1) is 5.82 Å². The number of ether oxygens (including phenoxy) is 1. The fourth-order valence-corrected chi connectivity index (χ4v) is 1.86. The van der Waals surface area contributed by atoms with Gasteiger partial charge in [0.05, 0.1) is 5.56 Å². The summed E-state index contributed by atoms with van der Waals surface area (Å²) in [6.45, 7) is 1.45. The molecule has 0 spiro atoms. The van der Waals surface area contributed by atoms with Gasteiger partial charge in [0.1, 0.15) is 5.82 Å². The van der Waals surface area contributed by atoms with E-state index in [0.717, 1.165) is 0 Å². The van der Waals surface area contributed by atoms with Gasteiger partial charge in [-0.1, -0.05) is 17.7 Å². The molecule has 2 aromatic rings. The maximum atomic E-state index is 12.8. The number of halogens is 2. The number of hydrogen-bond acceptors (Lipinski definition) is 3. The number of nitrogens with one attached hydrogen (secondary N) is 1. The molecule has 0 unspecified atom stereocenters. The van der Waals surface area contributed by atoms with Crippen LogP contribution < -0.4 is 5.32 Å². The van der Waals surface area contributed by atoms with Crippen molar-refractivity contribution in [1.82, 2.24) is 0 Å². The fraction of sp³-hybridized carbons (Fsp3) is 0.125. The molecule has 0 saturated carbocycles. The van der Waals surface area contributed by atoms with Gasteiger partial charge >= 0.3 is 5.97 Å². The van der Waals surface area contributed by atoms with Gasteiger partial charge in [-0.2, -0.15) is 0 Å². The molecule has 0 aliphatic heterocycles. The Kier molecular flexibility index (Phi) is 5.12. The van der Waals surface area contributed by atoms with Crippen molar-refractivity contribution < 1.29 is 18.7 Å². The minimum atomic E-state index is -1.00. The van der Waals surface area contributed by atoms with E-state index < -0.39 is 23.8 Å². The largest absolute Gasteiger partial charge is 0.449 e. The third kappa shape index (κ3) is 4.30. The Morgan fingerprint density at radius 3 is 2.50 bits per heavy atom. The lowest BCUT2D eigenvalue weighted by Crippen LogP contribution is -2.30. The van der Waals surface area contributed by atoms with E-state index >= 15 is 0 Å². The highest BCUT2D eigenvalue weighted by atomic mass is 35.5. The molecule has 6 heteroatoms. The lowest BCUT2D eigenvalue weighted by Gasteiger charge is -2.13. The number of esters is 1. The highest BCUT2D eigenvalue weighted by Crippen LogP contribution is 2.13. The van der Waals surface area contributed by atoms with Crippen molar-refractivity contribution >= 4 is 29.2 Å². The lowest BCUT2D eigenvalue weighted by atomic mass is 10.2. The number of benzene rings is 2. The van der Waals surface area contributed by atoms with Crippen LogP contribution in [0.25, 0.3) is 0 Å². The Balaban J connectivity index is 1.96. The summed E-state index contributed by atoms with van der Waals surface area (Å²) in [5.41, 5.74) is 0.672. The van der Waals surface area contributed by atoms with Crippen molar-refractivity contribution in [2.75, 3.05) is 5.32 Å². The molecule has 0 fully saturated rings. The van der Waals surface area contributed by atoms with Crippen molar-refractivity contribution in [1.29, 1.82) is 0 Å². The van der Waals surface area contributed by atoms with Crippen LogP contribution in [0.4, 0.5) is 10.1 Å². The maximum absolute atomic E-state index is 12.8. The van der Waals surface area contributed by atoms with Crippen molar-refractivity contribution in [2.24, 2.45) is 0 Å². The third-order valence-corrected chi connectivity index (χ3v) is 3.06. The van der Waals surface area contributed by atoms with E-state index in [1.165, 1.54) is 37.3 Å². The van der Waals surface area contributed by atoms with Crippen LogP contribution >= 0.6 is 11.6 Å². The molecule has 4 nitrogen and oxygen atoms in total. The predicted molar refractivity (Wildman–Crippen MR) is 81.4 cm³/mol. The summed E-state index contributed by atoms with van der Waals surface area (Å²) in [5.74, 6) is -1.57. The molecule has 0 aliphatic rings. The first-order valence-corrected chi connectivity index (χ1v) is 6.86. The zero-order chi connectivity index (χ0) is 16.1. The second kappa shape index (κ2) is 7.04. The van der Waals surface area contributed by atoms with Gasteiger partial charge in [0, 0.05) is 10.7 Å².